The summed E-state index contributed by atoms with van der Waals surface area (Å²) in [7, 11) is -3.59. The molecule has 1 aliphatic rings. The lowest BCUT2D eigenvalue weighted by molar-refractivity contribution is 0.567. The van der Waals surface area contributed by atoms with Gasteiger partial charge in [-0.1, -0.05) is 11.6 Å². The van der Waals surface area contributed by atoms with E-state index in [0.717, 1.165) is 6.07 Å². The van der Waals surface area contributed by atoms with Gasteiger partial charge in [-0.3, -0.25) is 4.72 Å². The molecule has 0 saturated carbocycles. The van der Waals surface area contributed by atoms with Crippen molar-refractivity contribution in [2.24, 2.45) is 0 Å². The zero-order chi connectivity index (χ0) is 11.1. The molecule has 1 aliphatic heterocycles. The molecule has 0 aliphatic carbocycles. The van der Waals surface area contributed by atoms with Crippen molar-refractivity contribution in [1.82, 2.24) is 4.31 Å². The van der Waals surface area contributed by atoms with Crippen LogP contribution in [0.25, 0.3) is 0 Å². The second kappa shape index (κ2) is 3.62. The average molecular weight is 251 g/mol. The van der Waals surface area contributed by atoms with Gasteiger partial charge in [0.05, 0.1) is 5.69 Å². The molecule has 1 aromatic rings. The first kappa shape index (κ1) is 10.7. The lowest BCUT2D eigenvalue weighted by Gasteiger charge is -2.08. The zero-order valence-corrected chi connectivity index (χ0v) is 9.15. The molecule has 1 heterocycles. The van der Waals surface area contributed by atoms with Gasteiger partial charge in [0.15, 0.2) is 0 Å². The SMILES string of the molecule is O=S(=O)(Nc1cc(Cl)ccc1F)N1CC1. The van der Waals surface area contributed by atoms with Crippen LogP contribution in [0.3, 0.4) is 0 Å². The molecule has 0 amide bonds. The fourth-order valence-electron chi connectivity index (χ4n) is 1.06. The molecule has 0 atom stereocenters. The maximum atomic E-state index is 13.2. The molecule has 0 aromatic heterocycles. The minimum absolute atomic E-state index is 0.130. The van der Waals surface area contributed by atoms with Gasteiger partial charge in [-0.2, -0.15) is 12.7 Å². The Labute approximate surface area is 91.8 Å². The minimum atomic E-state index is -3.59. The predicted molar refractivity (Wildman–Crippen MR) is 55.5 cm³/mol. The van der Waals surface area contributed by atoms with Crippen molar-refractivity contribution >= 4 is 27.5 Å². The molecule has 1 aromatic carbocycles. The van der Waals surface area contributed by atoms with Crippen molar-refractivity contribution in [2.45, 2.75) is 0 Å². The van der Waals surface area contributed by atoms with Crippen LogP contribution in [0, 0.1) is 5.82 Å². The van der Waals surface area contributed by atoms with E-state index in [1.165, 1.54) is 16.4 Å². The highest BCUT2D eigenvalue weighted by atomic mass is 35.5. The van der Waals surface area contributed by atoms with Gasteiger partial charge in [-0.05, 0) is 18.2 Å². The Balaban J connectivity index is 2.27. The van der Waals surface area contributed by atoms with E-state index in [2.05, 4.69) is 4.72 Å². The molecule has 0 spiro atoms. The van der Waals surface area contributed by atoms with Crippen molar-refractivity contribution < 1.29 is 12.8 Å². The summed E-state index contributed by atoms with van der Waals surface area (Å²) in [4.78, 5) is 0. The van der Waals surface area contributed by atoms with E-state index in [1.54, 1.807) is 0 Å². The van der Waals surface area contributed by atoms with E-state index >= 15 is 0 Å². The number of benzene rings is 1. The van der Waals surface area contributed by atoms with E-state index in [1.807, 2.05) is 0 Å². The number of halogens is 2. The van der Waals surface area contributed by atoms with Crippen LogP contribution in [0.1, 0.15) is 0 Å². The monoisotopic (exact) mass is 250 g/mol. The van der Waals surface area contributed by atoms with Crippen LogP contribution in [-0.2, 0) is 10.2 Å². The van der Waals surface area contributed by atoms with E-state index in [-0.39, 0.29) is 10.7 Å². The topological polar surface area (TPSA) is 49.2 Å². The maximum absolute atomic E-state index is 13.2. The number of nitrogens with zero attached hydrogens (tertiary/aromatic N) is 1. The summed E-state index contributed by atoms with van der Waals surface area (Å²) >= 11 is 5.63. The van der Waals surface area contributed by atoms with Gasteiger partial charge in [0.25, 0.3) is 0 Å². The Bertz CT molecular complexity index is 487. The van der Waals surface area contributed by atoms with Gasteiger partial charge in [0.1, 0.15) is 5.82 Å². The summed E-state index contributed by atoms with van der Waals surface area (Å²) in [6.45, 7) is 0.940. The lowest BCUT2D eigenvalue weighted by atomic mass is 10.3. The molecule has 4 nitrogen and oxygen atoms in total. The summed E-state index contributed by atoms with van der Waals surface area (Å²) in [5.41, 5.74) is -0.130. The molecule has 2 rings (SSSR count). The Morgan fingerprint density at radius 2 is 2.07 bits per heavy atom. The highest BCUT2D eigenvalue weighted by Crippen LogP contribution is 2.22. The van der Waals surface area contributed by atoms with Gasteiger partial charge < -0.3 is 0 Å². The van der Waals surface area contributed by atoms with Crippen molar-refractivity contribution in [1.29, 1.82) is 0 Å². The Morgan fingerprint density at radius 1 is 1.40 bits per heavy atom. The fourth-order valence-corrected chi connectivity index (χ4v) is 2.36. The summed E-state index contributed by atoms with van der Waals surface area (Å²) in [6.07, 6.45) is 0. The van der Waals surface area contributed by atoms with Crippen molar-refractivity contribution in [3.8, 4) is 0 Å². The third-order valence-corrected chi connectivity index (χ3v) is 3.67. The second-order valence-corrected chi connectivity index (χ2v) is 5.24. The Hall–Kier alpha value is -0.850. The number of rotatable bonds is 3. The number of anilines is 1. The lowest BCUT2D eigenvalue weighted by Crippen LogP contribution is -2.21. The standard InChI is InChI=1S/C8H8ClFN2O2S/c9-6-1-2-7(10)8(5-6)11-15(13,14)12-3-4-12/h1-2,5,11H,3-4H2. The highest BCUT2D eigenvalue weighted by Gasteiger charge is 2.32. The predicted octanol–water partition coefficient (Wildman–Crippen LogP) is 1.45. The summed E-state index contributed by atoms with van der Waals surface area (Å²) in [5, 5.41) is 0.278. The molecular weight excluding hydrogens is 243 g/mol. The van der Waals surface area contributed by atoms with Gasteiger partial charge in [-0.15, -0.1) is 0 Å². The fraction of sp³-hybridized carbons (Fsp3) is 0.250. The quantitative estimate of drug-likeness (QED) is 0.826. The van der Waals surface area contributed by atoms with Crippen LogP contribution in [0.2, 0.25) is 5.02 Å². The van der Waals surface area contributed by atoms with E-state index in [9.17, 15) is 12.8 Å². The minimum Gasteiger partial charge on any atom is -0.268 e. The van der Waals surface area contributed by atoms with Crippen molar-refractivity contribution in [3.05, 3.63) is 29.0 Å². The first-order chi connectivity index (χ1) is 6.99. The average Bonchev–Trinajstić information content (AvgIpc) is 2.93. The molecule has 0 bridgehead atoms. The van der Waals surface area contributed by atoms with Crippen LogP contribution in [0.4, 0.5) is 10.1 Å². The molecule has 1 N–H and O–H groups in total. The van der Waals surface area contributed by atoms with Crippen LogP contribution in [-0.4, -0.2) is 25.8 Å². The van der Waals surface area contributed by atoms with E-state index < -0.39 is 16.0 Å². The van der Waals surface area contributed by atoms with Gasteiger partial charge in [0, 0.05) is 18.1 Å². The van der Waals surface area contributed by atoms with E-state index in [0.29, 0.717) is 13.1 Å². The number of nitrogens with one attached hydrogen (secondary N) is 1. The first-order valence-corrected chi connectivity index (χ1v) is 6.04. The third kappa shape index (κ3) is 2.39. The normalized spacial score (nSPS) is 16.4. The molecule has 7 heteroatoms. The highest BCUT2D eigenvalue weighted by molar-refractivity contribution is 7.90. The van der Waals surface area contributed by atoms with E-state index in [4.69, 9.17) is 11.6 Å². The Kier molecular flexibility index (Phi) is 2.57. The molecule has 1 saturated heterocycles. The third-order valence-electron chi connectivity index (χ3n) is 1.91. The first-order valence-electron chi connectivity index (χ1n) is 4.22. The summed E-state index contributed by atoms with van der Waals surface area (Å²) in [6, 6.07) is 3.70. The molecule has 0 radical (unpaired) electrons. The molecule has 1 fully saturated rings. The van der Waals surface area contributed by atoms with Crippen molar-refractivity contribution in [3.63, 3.8) is 0 Å². The summed E-state index contributed by atoms with van der Waals surface area (Å²) < 4.78 is 39.4. The van der Waals surface area contributed by atoms with Crippen LogP contribution >= 0.6 is 11.6 Å². The maximum Gasteiger partial charge on any atom is 0.301 e. The smallest absolute Gasteiger partial charge is 0.268 e. The van der Waals surface area contributed by atoms with Gasteiger partial charge >= 0.3 is 10.2 Å². The van der Waals surface area contributed by atoms with Crippen LogP contribution in [0.15, 0.2) is 18.2 Å². The van der Waals surface area contributed by atoms with Crippen LogP contribution < -0.4 is 4.72 Å². The molecule has 15 heavy (non-hydrogen) atoms. The number of hydrogen-bond acceptors (Lipinski definition) is 2. The largest absolute Gasteiger partial charge is 0.301 e. The Morgan fingerprint density at radius 3 is 2.67 bits per heavy atom. The van der Waals surface area contributed by atoms with Crippen molar-refractivity contribution in [2.75, 3.05) is 17.8 Å². The zero-order valence-electron chi connectivity index (χ0n) is 7.57. The second-order valence-electron chi connectivity index (χ2n) is 3.13. The molecule has 82 valence electrons. The molecule has 0 unspecified atom stereocenters. The van der Waals surface area contributed by atoms with Gasteiger partial charge in [0.2, 0.25) is 0 Å². The molecular formula is C8H8ClFN2O2S. The van der Waals surface area contributed by atoms with Crippen LogP contribution in [0.5, 0.6) is 0 Å². The number of hydrogen-bond donors (Lipinski definition) is 1. The summed E-state index contributed by atoms with van der Waals surface area (Å²) in [5.74, 6) is -0.648. The van der Waals surface area contributed by atoms with Gasteiger partial charge in [-0.25, -0.2) is 4.39 Å².